The minimum absolute atomic E-state index is 0.0609. The number of carbonyl (C=O) groups excluding carboxylic acids is 2. The Hall–Kier alpha value is -1.53. The smallest absolute Gasteiger partial charge is 0.254 e. The zero-order valence-electron chi connectivity index (χ0n) is 17.1. The van der Waals surface area contributed by atoms with Crippen LogP contribution in [0.5, 0.6) is 0 Å². The van der Waals surface area contributed by atoms with Crippen LogP contribution in [0.1, 0.15) is 55.3 Å². The van der Waals surface area contributed by atoms with Gasteiger partial charge in [0.25, 0.3) is 5.91 Å². The fraction of sp³-hybridized carbons (Fsp3) is 0.636. The number of nitrogens with zero attached hydrogens (tertiary/aromatic N) is 2. The van der Waals surface area contributed by atoms with E-state index in [0.717, 1.165) is 43.7 Å². The second-order valence-corrected chi connectivity index (χ2v) is 8.83. The van der Waals surface area contributed by atoms with Crippen molar-refractivity contribution in [2.45, 2.75) is 62.0 Å². The molecule has 0 spiro atoms. The Morgan fingerprint density at radius 3 is 2.46 bits per heavy atom. The molecule has 154 valence electrons. The fourth-order valence-electron chi connectivity index (χ4n) is 4.15. The summed E-state index contributed by atoms with van der Waals surface area (Å²) in [6.45, 7) is 1.44. The van der Waals surface area contributed by atoms with Crippen molar-refractivity contribution in [3.8, 4) is 0 Å². The molecule has 0 atom stereocenters. The summed E-state index contributed by atoms with van der Waals surface area (Å²) in [6.07, 6.45) is 7.94. The highest BCUT2D eigenvalue weighted by Gasteiger charge is 2.26. The maximum absolute atomic E-state index is 13.0. The molecule has 2 amide bonds. The Balaban J connectivity index is 1.59. The van der Waals surface area contributed by atoms with Gasteiger partial charge >= 0.3 is 0 Å². The Labute approximate surface area is 172 Å². The van der Waals surface area contributed by atoms with Crippen LogP contribution in [0.15, 0.2) is 29.2 Å². The average molecular weight is 405 g/mol. The molecule has 2 fully saturated rings. The fourth-order valence-corrected chi connectivity index (χ4v) is 5.12. The zero-order valence-corrected chi connectivity index (χ0v) is 17.9. The van der Waals surface area contributed by atoms with Gasteiger partial charge < -0.3 is 14.5 Å². The van der Waals surface area contributed by atoms with E-state index in [9.17, 15) is 9.59 Å². The van der Waals surface area contributed by atoms with Gasteiger partial charge in [-0.3, -0.25) is 9.59 Å². The molecule has 3 rings (SSSR count). The van der Waals surface area contributed by atoms with Crippen molar-refractivity contribution in [1.82, 2.24) is 9.80 Å². The molecule has 1 aliphatic carbocycles. The normalized spacial score (nSPS) is 18.9. The van der Waals surface area contributed by atoms with Gasteiger partial charge in [0.05, 0.1) is 17.4 Å². The lowest BCUT2D eigenvalue weighted by Gasteiger charge is -2.32. The topological polar surface area (TPSA) is 49.9 Å². The van der Waals surface area contributed by atoms with Crippen LogP contribution in [-0.2, 0) is 9.53 Å². The van der Waals surface area contributed by atoms with Crippen molar-refractivity contribution in [3.63, 3.8) is 0 Å². The van der Waals surface area contributed by atoms with E-state index in [1.165, 1.54) is 31.0 Å². The van der Waals surface area contributed by atoms with Crippen molar-refractivity contribution < 1.29 is 14.3 Å². The monoisotopic (exact) mass is 404 g/mol. The highest BCUT2D eigenvalue weighted by Crippen LogP contribution is 2.27. The van der Waals surface area contributed by atoms with Gasteiger partial charge in [-0.05, 0) is 37.8 Å². The first-order valence-electron chi connectivity index (χ1n) is 10.4. The lowest BCUT2D eigenvalue weighted by Crippen LogP contribution is -2.41. The van der Waals surface area contributed by atoms with E-state index in [2.05, 4.69) is 0 Å². The number of ether oxygens (including phenoxy) is 1. The molecule has 0 aromatic heterocycles. The van der Waals surface area contributed by atoms with Gasteiger partial charge in [0.1, 0.15) is 0 Å². The van der Waals surface area contributed by atoms with Gasteiger partial charge in [0, 0.05) is 38.2 Å². The van der Waals surface area contributed by atoms with E-state index in [-0.39, 0.29) is 17.9 Å². The summed E-state index contributed by atoms with van der Waals surface area (Å²) in [5.41, 5.74) is 0.705. The van der Waals surface area contributed by atoms with Gasteiger partial charge in [0.2, 0.25) is 5.91 Å². The van der Waals surface area contributed by atoms with E-state index in [4.69, 9.17) is 4.74 Å². The van der Waals surface area contributed by atoms with Crippen LogP contribution in [0.3, 0.4) is 0 Å². The summed E-state index contributed by atoms with van der Waals surface area (Å²) < 4.78 is 5.40. The van der Waals surface area contributed by atoms with Gasteiger partial charge in [-0.25, -0.2) is 0 Å². The van der Waals surface area contributed by atoms with Gasteiger partial charge in [-0.2, -0.15) is 0 Å². The first kappa shape index (κ1) is 21.2. The highest BCUT2D eigenvalue weighted by atomic mass is 32.2. The Kier molecular flexibility index (Phi) is 7.80. The number of thioether (sulfide) groups is 1. The molecule has 5 nitrogen and oxygen atoms in total. The lowest BCUT2D eigenvalue weighted by atomic mass is 9.94. The van der Waals surface area contributed by atoms with Crippen LogP contribution < -0.4 is 0 Å². The van der Waals surface area contributed by atoms with Crippen molar-refractivity contribution in [1.29, 1.82) is 0 Å². The summed E-state index contributed by atoms with van der Waals surface area (Å²) >= 11 is 1.48. The second-order valence-electron chi connectivity index (χ2n) is 7.81. The van der Waals surface area contributed by atoms with Gasteiger partial charge in [0.15, 0.2) is 0 Å². The first-order chi connectivity index (χ1) is 13.6. The predicted molar refractivity (Wildman–Crippen MR) is 113 cm³/mol. The number of likely N-dealkylation sites (tertiary alicyclic amines) is 1. The molecule has 28 heavy (non-hydrogen) atoms. The third-order valence-corrected chi connectivity index (χ3v) is 7.11. The van der Waals surface area contributed by atoms with Gasteiger partial charge in [-0.15, -0.1) is 11.8 Å². The predicted octanol–water partition coefficient (Wildman–Crippen LogP) is 3.82. The number of piperidine rings is 1. The largest absolute Gasteiger partial charge is 0.381 e. The molecule has 0 bridgehead atoms. The van der Waals surface area contributed by atoms with Crippen LogP contribution in [0.4, 0.5) is 0 Å². The summed E-state index contributed by atoms with van der Waals surface area (Å²) in [6, 6.07) is 8.04. The molecule has 0 radical (unpaired) electrons. The van der Waals surface area contributed by atoms with Crippen LogP contribution in [0.25, 0.3) is 0 Å². The quantitative estimate of drug-likeness (QED) is 0.677. The maximum atomic E-state index is 13.0. The minimum atomic E-state index is 0.0609. The number of methoxy groups -OCH3 is 1. The van der Waals surface area contributed by atoms with Crippen LogP contribution in [-0.4, -0.2) is 66.8 Å². The molecule has 1 saturated heterocycles. The van der Waals surface area contributed by atoms with Crippen LogP contribution in [0, 0.1) is 0 Å². The number of carbonyl (C=O) groups is 2. The molecule has 2 aliphatic rings. The second kappa shape index (κ2) is 10.3. The van der Waals surface area contributed by atoms with E-state index >= 15 is 0 Å². The summed E-state index contributed by atoms with van der Waals surface area (Å²) in [5.74, 6) is 0.592. The lowest BCUT2D eigenvalue weighted by molar-refractivity contribution is -0.129. The van der Waals surface area contributed by atoms with Crippen molar-refractivity contribution in [2.24, 2.45) is 0 Å². The molecule has 1 aliphatic heterocycles. The average Bonchev–Trinajstić information content (AvgIpc) is 2.77. The Morgan fingerprint density at radius 2 is 1.79 bits per heavy atom. The van der Waals surface area contributed by atoms with E-state index in [1.54, 1.807) is 7.11 Å². The SMILES string of the molecule is COC1CCN(C(=O)c2ccccc2SCC(=O)N(C)C2CCCCC2)CC1. The van der Waals surface area contributed by atoms with E-state index in [0.29, 0.717) is 17.4 Å². The number of rotatable bonds is 6. The number of amides is 2. The number of hydrogen-bond donors (Lipinski definition) is 0. The third-order valence-electron chi connectivity index (χ3n) is 6.05. The Bertz CT molecular complexity index is 668. The summed E-state index contributed by atoms with van der Waals surface area (Å²) in [7, 11) is 3.66. The molecular weight excluding hydrogens is 372 g/mol. The van der Waals surface area contributed by atoms with Crippen LogP contribution >= 0.6 is 11.8 Å². The summed E-state index contributed by atoms with van der Waals surface area (Å²) in [5, 5.41) is 0. The molecule has 1 saturated carbocycles. The standard InChI is InChI=1S/C22H32N2O3S/c1-23(17-8-4-3-5-9-17)21(25)16-28-20-11-7-6-10-19(20)22(26)24-14-12-18(27-2)13-15-24/h6-7,10-11,17-18H,3-5,8-9,12-16H2,1-2H3. The molecule has 0 N–H and O–H groups in total. The molecule has 6 heteroatoms. The van der Waals surface area contributed by atoms with E-state index < -0.39 is 0 Å². The number of hydrogen-bond acceptors (Lipinski definition) is 4. The van der Waals surface area contributed by atoms with Crippen molar-refractivity contribution in [2.75, 3.05) is 33.0 Å². The molecule has 1 aromatic rings. The molecule has 1 aromatic carbocycles. The highest BCUT2D eigenvalue weighted by molar-refractivity contribution is 8.00. The van der Waals surface area contributed by atoms with Crippen molar-refractivity contribution in [3.05, 3.63) is 29.8 Å². The zero-order chi connectivity index (χ0) is 19.9. The Morgan fingerprint density at radius 1 is 1.11 bits per heavy atom. The van der Waals surface area contributed by atoms with Gasteiger partial charge in [-0.1, -0.05) is 31.4 Å². The molecule has 1 heterocycles. The van der Waals surface area contributed by atoms with Crippen LogP contribution in [0.2, 0.25) is 0 Å². The first-order valence-corrected chi connectivity index (χ1v) is 11.4. The number of benzene rings is 1. The van der Waals surface area contributed by atoms with Crippen molar-refractivity contribution >= 4 is 23.6 Å². The minimum Gasteiger partial charge on any atom is -0.381 e. The molecular formula is C22H32N2O3S. The maximum Gasteiger partial charge on any atom is 0.254 e. The summed E-state index contributed by atoms with van der Waals surface area (Å²) in [4.78, 5) is 30.4. The van der Waals surface area contributed by atoms with E-state index in [1.807, 2.05) is 41.1 Å². The molecule has 0 unspecified atom stereocenters. The third kappa shape index (κ3) is 5.29.